The highest BCUT2D eigenvalue weighted by Gasteiger charge is 2.31. The molecular formula is C28H41N3O4. The minimum Gasteiger partial charge on any atom is -0.395 e. The molecule has 1 unspecified atom stereocenters. The third-order valence-electron chi connectivity index (χ3n) is 8.09. The van der Waals surface area contributed by atoms with Gasteiger partial charge in [-0.05, 0) is 81.0 Å². The largest absolute Gasteiger partial charge is 0.395 e. The maximum atomic E-state index is 13.2. The standard InChI is InChI=1S/C28H41N3O4/c1-4-31-25-9-7-21(20-11-16-35-17-12-20)18-23(25)24-19-22(8-10-26(24)31)28(34)30(3)13-5-6-27(33)29(2)14-15-32/h8,10,19-21,32H,4-7,9,11-18H2,1-3H3. The number of aryl methyl sites for hydroxylation is 1. The lowest BCUT2D eigenvalue weighted by atomic mass is 9.75. The molecule has 1 aromatic heterocycles. The van der Waals surface area contributed by atoms with Crippen molar-refractivity contribution in [3.63, 3.8) is 0 Å². The lowest BCUT2D eigenvalue weighted by Crippen LogP contribution is -2.31. The predicted molar refractivity (Wildman–Crippen MR) is 138 cm³/mol. The average molecular weight is 484 g/mol. The van der Waals surface area contributed by atoms with Crippen LogP contribution in [0.3, 0.4) is 0 Å². The predicted octanol–water partition coefficient (Wildman–Crippen LogP) is 3.50. The number of aromatic nitrogens is 1. The van der Waals surface area contributed by atoms with Crippen molar-refractivity contribution in [3.05, 3.63) is 35.0 Å². The summed E-state index contributed by atoms with van der Waals surface area (Å²) in [6.45, 7) is 5.75. The molecule has 1 atom stereocenters. The summed E-state index contributed by atoms with van der Waals surface area (Å²) in [6.07, 6.45) is 6.76. The zero-order valence-corrected chi connectivity index (χ0v) is 21.6. The topological polar surface area (TPSA) is 75.0 Å². The van der Waals surface area contributed by atoms with Crippen LogP contribution in [0.5, 0.6) is 0 Å². The van der Waals surface area contributed by atoms with Crippen LogP contribution in [0.2, 0.25) is 0 Å². The van der Waals surface area contributed by atoms with Crippen LogP contribution in [0, 0.1) is 11.8 Å². The molecule has 1 fully saturated rings. The summed E-state index contributed by atoms with van der Waals surface area (Å²) < 4.78 is 8.04. The molecule has 1 aliphatic carbocycles. The zero-order chi connectivity index (χ0) is 24.9. The number of fused-ring (bicyclic) bond motifs is 3. The quantitative estimate of drug-likeness (QED) is 0.593. The second kappa shape index (κ2) is 11.6. The number of nitrogens with zero attached hydrogens (tertiary/aromatic N) is 3. The minimum absolute atomic E-state index is 0.00199. The number of ether oxygens (including phenoxy) is 1. The van der Waals surface area contributed by atoms with Crippen molar-refractivity contribution in [3.8, 4) is 0 Å². The van der Waals surface area contributed by atoms with Crippen molar-refractivity contribution in [2.24, 2.45) is 11.8 Å². The van der Waals surface area contributed by atoms with Gasteiger partial charge in [0, 0.05) is 75.5 Å². The van der Waals surface area contributed by atoms with Gasteiger partial charge in [0.2, 0.25) is 5.91 Å². The van der Waals surface area contributed by atoms with Gasteiger partial charge in [0.05, 0.1) is 6.61 Å². The Morgan fingerprint density at radius 3 is 2.57 bits per heavy atom. The molecule has 0 spiro atoms. The average Bonchev–Trinajstić information content (AvgIpc) is 3.20. The van der Waals surface area contributed by atoms with Crippen molar-refractivity contribution in [2.45, 2.75) is 58.4 Å². The Balaban J connectivity index is 1.48. The highest BCUT2D eigenvalue weighted by molar-refractivity contribution is 5.99. The van der Waals surface area contributed by atoms with Gasteiger partial charge in [0.15, 0.2) is 0 Å². The molecule has 1 aliphatic heterocycles. The fraction of sp³-hybridized carbons (Fsp3) is 0.643. The molecule has 2 amide bonds. The summed E-state index contributed by atoms with van der Waals surface area (Å²) in [6, 6.07) is 6.18. The van der Waals surface area contributed by atoms with E-state index in [0.29, 0.717) is 37.4 Å². The molecule has 7 nitrogen and oxygen atoms in total. The lowest BCUT2D eigenvalue weighted by Gasteiger charge is -2.33. The first-order valence-electron chi connectivity index (χ1n) is 13.3. The maximum absolute atomic E-state index is 13.2. The number of aliphatic hydroxyl groups is 1. The van der Waals surface area contributed by atoms with Crippen LogP contribution in [0.4, 0.5) is 0 Å². The summed E-state index contributed by atoms with van der Waals surface area (Å²) in [5, 5.41) is 10.2. The van der Waals surface area contributed by atoms with Crippen LogP contribution in [0.15, 0.2) is 18.2 Å². The highest BCUT2D eigenvalue weighted by atomic mass is 16.5. The van der Waals surface area contributed by atoms with Crippen molar-refractivity contribution < 1.29 is 19.4 Å². The van der Waals surface area contributed by atoms with Gasteiger partial charge in [-0.15, -0.1) is 0 Å². The number of aliphatic hydroxyl groups excluding tert-OH is 1. The van der Waals surface area contributed by atoms with E-state index in [2.05, 4.69) is 23.6 Å². The lowest BCUT2D eigenvalue weighted by molar-refractivity contribution is -0.130. The zero-order valence-electron chi connectivity index (χ0n) is 21.6. The van der Waals surface area contributed by atoms with Gasteiger partial charge in [0.1, 0.15) is 0 Å². The summed E-state index contributed by atoms with van der Waals surface area (Å²) >= 11 is 0. The number of hydrogen-bond donors (Lipinski definition) is 1. The molecule has 1 saturated heterocycles. The molecule has 4 rings (SSSR count). The van der Waals surface area contributed by atoms with Gasteiger partial charge < -0.3 is 24.2 Å². The molecule has 1 aromatic carbocycles. The number of carbonyl (C=O) groups excluding carboxylic acids is 2. The first-order valence-corrected chi connectivity index (χ1v) is 13.3. The van der Waals surface area contributed by atoms with E-state index in [1.807, 2.05) is 13.1 Å². The van der Waals surface area contributed by atoms with Crippen LogP contribution < -0.4 is 0 Å². The van der Waals surface area contributed by atoms with Gasteiger partial charge in [0.25, 0.3) is 5.91 Å². The Labute approximate surface area is 209 Å². The number of rotatable bonds is 9. The summed E-state index contributed by atoms with van der Waals surface area (Å²) in [4.78, 5) is 28.6. The van der Waals surface area contributed by atoms with Crippen LogP contribution in [0.25, 0.3) is 10.9 Å². The Hall–Kier alpha value is -2.38. The smallest absolute Gasteiger partial charge is 0.253 e. The number of amides is 2. The summed E-state index contributed by atoms with van der Waals surface area (Å²) in [5.41, 5.74) is 4.85. The van der Waals surface area contributed by atoms with E-state index < -0.39 is 0 Å². The molecule has 2 aromatic rings. The van der Waals surface area contributed by atoms with Gasteiger partial charge in [-0.3, -0.25) is 9.59 Å². The van der Waals surface area contributed by atoms with Crippen molar-refractivity contribution in [1.29, 1.82) is 0 Å². The van der Waals surface area contributed by atoms with Crippen LogP contribution in [-0.4, -0.2) is 78.3 Å². The molecule has 2 heterocycles. The van der Waals surface area contributed by atoms with Gasteiger partial charge in [-0.25, -0.2) is 0 Å². The number of carbonyl (C=O) groups is 2. The molecule has 7 heteroatoms. The first kappa shape index (κ1) is 25.7. The number of hydrogen-bond acceptors (Lipinski definition) is 4. The first-order chi connectivity index (χ1) is 16.9. The summed E-state index contributed by atoms with van der Waals surface area (Å²) in [7, 11) is 3.50. The van der Waals surface area contributed by atoms with Crippen LogP contribution >= 0.6 is 0 Å². The Bertz CT molecular complexity index is 1040. The van der Waals surface area contributed by atoms with Gasteiger partial charge >= 0.3 is 0 Å². The Kier molecular flexibility index (Phi) is 8.50. The molecule has 35 heavy (non-hydrogen) atoms. The molecule has 0 bridgehead atoms. The molecule has 0 saturated carbocycles. The third kappa shape index (κ3) is 5.56. The van der Waals surface area contributed by atoms with E-state index >= 15 is 0 Å². The Morgan fingerprint density at radius 1 is 1.09 bits per heavy atom. The second-order valence-electron chi connectivity index (χ2n) is 10.2. The monoisotopic (exact) mass is 483 g/mol. The van der Waals surface area contributed by atoms with E-state index in [1.165, 1.54) is 46.3 Å². The van der Waals surface area contributed by atoms with E-state index in [4.69, 9.17) is 9.84 Å². The van der Waals surface area contributed by atoms with E-state index in [-0.39, 0.29) is 18.4 Å². The van der Waals surface area contributed by atoms with Crippen molar-refractivity contribution in [1.82, 2.24) is 14.4 Å². The van der Waals surface area contributed by atoms with E-state index in [9.17, 15) is 9.59 Å². The molecule has 2 aliphatic rings. The van der Waals surface area contributed by atoms with Crippen LogP contribution in [-0.2, 0) is 28.9 Å². The van der Waals surface area contributed by atoms with Crippen LogP contribution in [0.1, 0.15) is 60.6 Å². The summed E-state index contributed by atoms with van der Waals surface area (Å²) in [5.74, 6) is 1.43. The number of likely N-dealkylation sites (N-methyl/N-ethyl adjacent to an activating group) is 1. The fourth-order valence-electron chi connectivity index (χ4n) is 6.02. The van der Waals surface area contributed by atoms with Gasteiger partial charge in [-0.1, -0.05) is 0 Å². The van der Waals surface area contributed by atoms with Gasteiger partial charge in [-0.2, -0.15) is 0 Å². The third-order valence-corrected chi connectivity index (χ3v) is 8.09. The minimum atomic E-state index is -0.0393. The highest BCUT2D eigenvalue weighted by Crippen LogP contribution is 2.39. The van der Waals surface area contributed by atoms with Crippen molar-refractivity contribution in [2.75, 3.05) is 47.0 Å². The van der Waals surface area contributed by atoms with E-state index in [0.717, 1.165) is 38.5 Å². The fourth-order valence-corrected chi connectivity index (χ4v) is 6.02. The molecule has 1 N–H and O–H groups in total. The SMILES string of the molecule is CCn1c2c(c3cc(C(=O)N(C)CCCC(=O)N(C)CCO)ccc31)CC(C1CCOCC1)CC2. The molecule has 192 valence electrons. The molecule has 0 radical (unpaired) electrons. The molecular weight excluding hydrogens is 442 g/mol. The normalized spacial score (nSPS) is 18.5. The maximum Gasteiger partial charge on any atom is 0.253 e. The van der Waals surface area contributed by atoms with E-state index in [1.54, 1.807) is 11.9 Å². The second-order valence-corrected chi connectivity index (χ2v) is 10.2. The van der Waals surface area contributed by atoms with Crippen molar-refractivity contribution >= 4 is 22.7 Å². The number of benzene rings is 1. The Morgan fingerprint density at radius 2 is 1.86 bits per heavy atom.